The Morgan fingerprint density at radius 2 is 1.77 bits per heavy atom. The molecule has 4 fully saturated rings. The van der Waals surface area contributed by atoms with Crippen molar-refractivity contribution in [3.05, 3.63) is 78.0 Å². The van der Waals surface area contributed by atoms with Gasteiger partial charge in [0, 0.05) is 76.5 Å². The van der Waals surface area contributed by atoms with Crippen LogP contribution >= 0.6 is 0 Å². The summed E-state index contributed by atoms with van der Waals surface area (Å²) in [5.74, 6) is 0.562. The molecule has 0 saturated carbocycles. The SMILES string of the molecule is CO[C@H]1CN(C)C(=O)[C@@H]2C[C@@H](CN2c2nc(N3C[C@H]4CN(C5COC5)C[C@H]43)nc3c2cnn3-c2ccc(F)cc2F)Nc2cccc(n2)-c2cc(F)cc3nc(C)n(c23)C1. The first-order chi connectivity index (χ1) is 29.1. The van der Waals surface area contributed by atoms with Gasteiger partial charge in [-0.05, 0) is 43.7 Å². The fourth-order valence-corrected chi connectivity index (χ4v) is 9.80. The molecule has 2 aromatic carbocycles. The molecule has 11 rings (SSSR count). The number of imidazole rings is 1. The third-order valence-corrected chi connectivity index (χ3v) is 13.0. The van der Waals surface area contributed by atoms with E-state index in [1.165, 1.54) is 28.9 Å². The number of aryl methyl sites for hydroxylation is 1. The van der Waals surface area contributed by atoms with Gasteiger partial charge in [-0.25, -0.2) is 27.8 Å². The number of hydrogen-bond acceptors (Lipinski definition) is 12. The number of halogens is 3. The highest BCUT2D eigenvalue weighted by molar-refractivity contribution is 5.94. The summed E-state index contributed by atoms with van der Waals surface area (Å²) >= 11 is 0. The van der Waals surface area contributed by atoms with E-state index in [9.17, 15) is 9.18 Å². The largest absolute Gasteiger partial charge is 0.378 e. The van der Waals surface area contributed by atoms with Crippen LogP contribution in [-0.2, 0) is 20.8 Å². The lowest BCUT2D eigenvalue weighted by Crippen LogP contribution is -2.56. The van der Waals surface area contributed by atoms with Gasteiger partial charge in [-0.15, -0.1) is 0 Å². The zero-order valence-electron chi connectivity index (χ0n) is 33.3. The lowest BCUT2D eigenvalue weighted by Gasteiger charge is -2.44. The zero-order chi connectivity index (χ0) is 41.0. The fourth-order valence-electron chi connectivity index (χ4n) is 9.80. The number of aromatic nitrogens is 7. The number of likely N-dealkylation sites (tertiary alicyclic amines) is 1. The summed E-state index contributed by atoms with van der Waals surface area (Å²) < 4.78 is 59.6. The predicted octanol–water partition coefficient (Wildman–Crippen LogP) is 4.02. The van der Waals surface area contributed by atoms with Crippen molar-refractivity contribution in [1.29, 1.82) is 0 Å². The quantitative estimate of drug-likeness (QED) is 0.270. The van der Waals surface area contributed by atoms with Crippen molar-refractivity contribution in [2.75, 3.05) is 75.2 Å². The molecular weight excluding hydrogens is 778 g/mol. The van der Waals surface area contributed by atoms with E-state index in [1.54, 1.807) is 25.3 Å². The second kappa shape index (κ2) is 14.1. The lowest BCUT2D eigenvalue weighted by molar-refractivity contribution is -0.132. The van der Waals surface area contributed by atoms with Crippen LogP contribution in [0, 0.1) is 30.3 Å². The molecule has 6 aromatic rings. The van der Waals surface area contributed by atoms with Crippen molar-refractivity contribution in [3.8, 4) is 16.9 Å². The van der Waals surface area contributed by atoms with Gasteiger partial charge < -0.3 is 34.1 Å². The molecule has 0 spiro atoms. The summed E-state index contributed by atoms with van der Waals surface area (Å²) in [4.78, 5) is 43.2. The normalized spacial score (nSPS) is 24.7. The summed E-state index contributed by atoms with van der Waals surface area (Å²) in [6.07, 6.45) is 1.53. The Bertz CT molecular complexity index is 2690. The van der Waals surface area contributed by atoms with E-state index in [-0.39, 0.29) is 30.2 Å². The Hall–Kier alpha value is -5.85. The average Bonchev–Trinajstić information content (AvgIpc) is 3.97. The first-order valence-electron chi connectivity index (χ1n) is 20.3. The van der Waals surface area contributed by atoms with Crippen LogP contribution < -0.4 is 15.1 Å². The Labute approximate surface area is 342 Å². The van der Waals surface area contributed by atoms with Gasteiger partial charge in [-0.2, -0.15) is 15.1 Å². The van der Waals surface area contributed by atoms with E-state index in [4.69, 9.17) is 29.4 Å². The van der Waals surface area contributed by atoms with E-state index in [1.807, 2.05) is 34.6 Å². The number of nitrogens with zero attached hydrogens (tertiary/aromatic N) is 11. The number of benzene rings is 2. The summed E-state index contributed by atoms with van der Waals surface area (Å²) in [5, 5.41) is 8.68. The minimum Gasteiger partial charge on any atom is -0.378 e. The first-order valence-corrected chi connectivity index (χ1v) is 20.3. The minimum atomic E-state index is -0.785. The topological polar surface area (TPSA) is 135 Å². The molecule has 5 aliphatic rings. The van der Waals surface area contributed by atoms with Gasteiger partial charge in [0.1, 0.15) is 40.8 Å². The average molecular weight is 821 g/mol. The van der Waals surface area contributed by atoms with E-state index in [0.717, 1.165) is 44.4 Å². The van der Waals surface area contributed by atoms with Gasteiger partial charge in [0.2, 0.25) is 11.9 Å². The van der Waals surface area contributed by atoms with Crippen molar-refractivity contribution in [3.63, 3.8) is 0 Å². The number of carbonyl (C=O) groups is 1. The number of amides is 1. The maximum absolute atomic E-state index is 15.4. The third-order valence-electron chi connectivity index (χ3n) is 13.0. The molecule has 1 N–H and O–H groups in total. The highest BCUT2D eigenvalue weighted by Crippen LogP contribution is 2.41. The van der Waals surface area contributed by atoms with Crippen molar-refractivity contribution < 1.29 is 27.4 Å². The van der Waals surface area contributed by atoms with Crippen molar-refractivity contribution in [2.24, 2.45) is 5.92 Å². The molecular formula is C42H43F3N12O3. The Morgan fingerprint density at radius 3 is 2.57 bits per heavy atom. The second-order valence-electron chi connectivity index (χ2n) is 16.7. The maximum atomic E-state index is 15.4. The summed E-state index contributed by atoms with van der Waals surface area (Å²) in [6.45, 7) is 6.83. The Balaban J connectivity index is 1.02. The van der Waals surface area contributed by atoms with Crippen LogP contribution in [0.5, 0.6) is 0 Å². The standard InChI is InChI=1S/C42H43F3N12O3/c1-22-47-33-11-25(44)9-29-32-5-4-6-37(49-32)48-26-12-35(41(58)52(2)17-28(59-3)18-54(22)38(29)33)55(16-26)39-30-13-46-57(34-8-7-24(43)10-31(34)45)40(30)51-42(50-39)56-15-23-14-53(19-36(23)56)27-20-60-21-27/h4-11,13,23,26-28,35-36H,12,14-21H2,1-3H3,(H,48,49)/t23-,26+,28+,35+,36-/m1/s1. The number of hydrogen-bond donors (Lipinski definition) is 1. The molecule has 4 aromatic heterocycles. The van der Waals surface area contributed by atoms with Crippen LogP contribution in [0.3, 0.4) is 0 Å². The molecule has 60 heavy (non-hydrogen) atoms. The van der Waals surface area contributed by atoms with E-state index in [2.05, 4.69) is 20.2 Å². The number of ether oxygens (including phenoxy) is 2. The van der Waals surface area contributed by atoms with Gasteiger partial charge in [0.15, 0.2) is 11.5 Å². The van der Waals surface area contributed by atoms with Crippen LogP contribution in [0.25, 0.3) is 39.0 Å². The number of likely N-dealkylation sites (N-methyl/N-ethyl adjacent to an activating group) is 1. The highest BCUT2D eigenvalue weighted by Gasteiger charge is 2.50. The van der Waals surface area contributed by atoms with Crippen molar-refractivity contribution >= 4 is 45.6 Å². The Morgan fingerprint density at radius 1 is 0.900 bits per heavy atom. The van der Waals surface area contributed by atoms with Gasteiger partial charge in [0.25, 0.3) is 0 Å². The molecule has 9 heterocycles. The molecule has 4 saturated heterocycles. The monoisotopic (exact) mass is 820 g/mol. The third kappa shape index (κ3) is 6.05. The van der Waals surface area contributed by atoms with E-state index < -0.39 is 29.6 Å². The van der Waals surface area contributed by atoms with Crippen molar-refractivity contribution in [2.45, 2.75) is 50.2 Å². The minimum absolute atomic E-state index is 0.0405. The summed E-state index contributed by atoms with van der Waals surface area (Å²) in [6, 6.07) is 11.5. The number of pyridine rings is 1. The number of anilines is 3. The number of nitrogens with one attached hydrogen (secondary N) is 1. The molecule has 0 unspecified atom stereocenters. The Kier molecular flexibility index (Phi) is 8.75. The zero-order valence-corrected chi connectivity index (χ0v) is 33.3. The fraction of sp³-hybridized carbons (Fsp3) is 0.429. The molecule has 1 amide bonds. The molecule has 0 aliphatic carbocycles. The van der Waals surface area contributed by atoms with Gasteiger partial charge in [0.05, 0.1) is 66.3 Å². The number of fused-ring (bicyclic) bond motifs is 7. The van der Waals surface area contributed by atoms with Crippen LogP contribution in [0.1, 0.15) is 12.2 Å². The van der Waals surface area contributed by atoms with E-state index in [0.29, 0.717) is 82.7 Å². The van der Waals surface area contributed by atoms with Gasteiger partial charge in [-0.3, -0.25) is 9.69 Å². The molecule has 5 aliphatic heterocycles. The smallest absolute Gasteiger partial charge is 0.245 e. The summed E-state index contributed by atoms with van der Waals surface area (Å²) in [5.41, 5.74) is 2.79. The van der Waals surface area contributed by atoms with Crippen LogP contribution in [0.2, 0.25) is 0 Å². The number of methoxy groups -OCH3 is 1. The van der Waals surface area contributed by atoms with Gasteiger partial charge in [-0.1, -0.05) is 6.07 Å². The van der Waals surface area contributed by atoms with Crippen LogP contribution in [0.15, 0.2) is 54.7 Å². The molecule has 0 radical (unpaired) electrons. The van der Waals surface area contributed by atoms with Crippen molar-refractivity contribution in [1.82, 2.24) is 44.1 Å². The molecule has 15 nitrogen and oxygen atoms in total. The summed E-state index contributed by atoms with van der Waals surface area (Å²) in [7, 11) is 3.38. The second-order valence-corrected chi connectivity index (χ2v) is 16.7. The highest BCUT2D eigenvalue weighted by atomic mass is 19.1. The lowest BCUT2D eigenvalue weighted by atomic mass is 9.92. The molecule has 5 atom stereocenters. The molecule has 4 bridgehead atoms. The number of rotatable bonds is 5. The van der Waals surface area contributed by atoms with E-state index >= 15 is 8.78 Å². The molecule has 310 valence electrons. The number of carbonyl (C=O) groups excluding carboxylic acids is 1. The first kappa shape index (κ1) is 37.2. The van der Waals surface area contributed by atoms with Gasteiger partial charge >= 0.3 is 0 Å². The predicted molar refractivity (Wildman–Crippen MR) is 217 cm³/mol. The van der Waals surface area contributed by atoms with Crippen LogP contribution in [-0.4, -0.2) is 140 Å². The van der Waals surface area contributed by atoms with Crippen LogP contribution in [0.4, 0.5) is 30.8 Å². The maximum Gasteiger partial charge on any atom is 0.245 e. The molecule has 18 heteroatoms.